The van der Waals surface area contributed by atoms with Gasteiger partial charge in [-0.25, -0.2) is 9.18 Å². The summed E-state index contributed by atoms with van der Waals surface area (Å²) in [6, 6.07) is 21.4. The average molecular weight is 641 g/mol. The SMILES string of the molecule is COC(=O)c1ccc(NC(=O)c2c(-c3ccccc3)c(-c3ccc(F)cc3)c(CC[C@@H](O)C[C@@H](O)CC(=O)O)n2C(C)C)cc1.[H-].[Na+]. The predicted octanol–water partition coefficient (Wildman–Crippen LogP) is 3.22. The summed E-state index contributed by atoms with van der Waals surface area (Å²) >= 11 is 0. The van der Waals surface area contributed by atoms with Gasteiger partial charge >= 0.3 is 41.5 Å². The zero-order chi connectivity index (χ0) is 32.7. The molecule has 1 heterocycles. The Morgan fingerprint density at radius 1 is 0.891 bits per heavy atom. The van der Waals surface area contributed by atoms with Gasteiger partial charge in [0.2, 0.25) is 0 Å². The number of halogens is 1. The summed E-state index contributed by atoms with van der Waals surface area (Å²) in [5.74, 6) is -2.49. The summed E-state index contributed by atoms with van der Waals surface area (Å²) in [5.41, 5.74) is 4.59. The van der Waals surface area contributed by atoms with Crippen molar-refractivity contribution < 1.29 is 69.8 Å². The van der Waals surface area contributed by atoms with E-state index in [9.17, 15) is 29.0 Å². The van der Waals surface area contributed by atoms with Crippen LogP contribution in [0.5, 0.6) is 0 Å². The second kappa shape index (κ2) is 16.7. The van der Waals surface area contributed by atoms with Gasteiger partial charge in [0.1, 0.15) is 11.5 Å². The molecule has 11 heteroatoms. The molecule has 9 nitrogen and oxygen atoms in total. The number of ether oxygens (including phenoxy) is 1. The molecule has 0 radical (unpaired) electrons. The van der Waals surface area contributed by atoms with Gasteiger partial charge in [0.15, 0.2) is 0 Å². The third-order valence-corrected chi connectivity index (χ3v) is 7.47. The van der Waals surface area contributed by atoms with Gasteiger partial charge in [0.25, 0.3) is 5.91 Å². The van der Waals surface area contributed by atoms with Gasteiger partial charge in [0.05, 0.1) is 31.3 Å². The first-order valence-electron chi connectivity index (χ1n) is 14.7. The van der Waals surface area contributed by atoms with Gasteiger partial charge in [-0.05, 0) is 80.6 Å². The molecule has 0 aliphatic rings. The van der Waals surface area contributed by atoms with E-state index in [-0.39, 0.29) is 56.3 Å². The number of methoxy groups -OCH3 is 1. The van der Waals surface area contributed by atoms with Crippen molar-refractivity contribution in [3.63, 3.8) is 0 Å². The number of amides is 1. The van der Waals surface area contributed by atoms with Gasteiger partial charge in [0, 0.05) is 28.6 Å². The van der Waals surface area contributed by atoms with Crippen LogP contribution in [0.2, 0.25) is 0 Å². The fourth-order valence-electron chi connectivity index (χ4n) is 5.51. The number of aromatic nitrogens is 1. The Bertz CT molecular complexity index is 1650. The second-order valence-corrected chi connectivity index (χ2v) is 11.1. The Kier molecular flexibility index (Phi) is 13.3. The van der Waals surface area contributed by atoms with Gasteiger partial charge < -0.3 is 31.4 Å². The molecule has 0 saturated carbocycles. The number of nitrogens with zero attached hydrogens (tertiary/aromatic N) is 1. The van der Waals surface area contributed by atoms with E-state index in [4.69, 9.17) is 9.84 Å². The zero-order valence-corrected chi connectivity index (χ0v) is 28.4. The summed E-state index contributed by atoms with van der Waals surface area (Å²) in [5, 5.41) is 32.8. The molecule has 3 aromatic carbocycles. The fourth-order valence-corrected chi connectivity index (χ4v) is 5.51. The molecule has 1 amide bonds. The molecule has 238 valence electrons. The molecule has 2 atom stereocenters. The standard InChI is InChI=1S/C35H37FN2O7.Na.H/c1-21(2)38-29(18-17-27(39)19-28(40)20-30(41)42)31(23-9-13-25(36)14-10-23)32(22-7-5-4-6-8-22)33(38)34(43)37-26-15-11-24(12-16-26)35(44)45-3;;/h4-16,21,27-28,39-40H,17-20H2,1-3H3,(H,37,43)(H,41,42);;/q;+1;-1/t27-,28-;;/m1../s1. The van der Waals surface area contributed by atoms with Crippen LogP contribution in [-0.4, -0.2) is 57.1 Å². The maximum atomic E-state index is 14.2. The topological polar surface area (TPSA) is 138 Å². The van der Waals surface area contributed by atoms with Gasteiger partial charge in [-0.15, -0.1) is 0 Å². The summed E-state index contributed by atoms with van der Waals surface area (Å²) in [6.07, 6.45) is -2.39. The summed E-state index contributed by atoms with van der Waals surface area (Å²) < 4.78 is 20.7. The average Bonchev–Trinajstić information content (AvgIpc) is 3.36. The number of aliphatic carboxylic acids is 1. The number of carbonyl (C=O) groups excluding carboxylic acids is 2. The number of carboxylic acid groups (broad SMARTS) is 1. The molecular weight excluding hydrogens is 602 g/mol. The van der Waals surface area contributed by atoms with Crippen LogP contribution < -0.4 is 34.9 Å². The Hall–Kier alpha value is -3.80. The van der Waals surface area contributed by atoms with Crippen molar-refractivity contribution in [3.05, 3.63) is 102 Å². The molecule has 1 aromatic heterocycles. The monoisotopic (exact) mass is 640 g/mol. The van der Waals surface area contributed by atoms with Gasteiger partial charge in [-0.2, -0.15) is 0 Å². The Morgan fingerprint density at radius 2 is 1.50 bits per heavy atom. The zero-order valence-electron chi connectivity index (χ0n) is 27.4. The maximum Gasteiger partial charge on any atom is 1.00 e. The van der Waals surface area contributed by atoms with Crippen molar-refractivity contribution in [2.75, 3.05) is 12.4 Å². The van der Waals surface area contributed by atoms with E-state index < -0.39 is 42.3 Å². The summed E-state index contributed by atoms with van der Waals surface area (Å²) in [7, 11) is 1.29. The quantitative estimate of drug-likeness (QED) is 0.130. The molecule has 4 aromatic rings. The predicted molar refractivity (Wildman–Crippen MR) is 170 cm³/mol. The van der Waals surface area contributed by atoms with Crippen LogP contribution in [0.3, 0.4) is 0 Å². The first kappa shape index (κ1) is 36.7. The number of carbonyl (C=O) groups is 3. The molecule has 0 spiro atoms. The number of carboxylic acids is 1. The van der Waals surface area contributed by atoms with Crippen molar-refractivity contribution >= 4 is 23.5 Å². The minimum absolute atomic E-state index is 0. The molecular formula is C35H38FN2NaO7. The van der Waals surface area contributed by atoms with Gasteiger partial charge in [-0.1, -0.05) is 42.5 Å². The van der Waals surface area contributed by atoms with Crippen LogP contribution in [0.25, 0.3) is 22.3 Å². The minimum atomic E-state index is -1.21. The number of esters is 1. The van der Waals surface area contributed by atoms with Gasteiger partial charge in [-0.3, -0.25) is 9.59 Å². The number of anilines is 1. The first-order chi connectivity index (χ1) is 21.5. The molecule has 0 bridgehead atoms. The van der Waals surface area contributed by atoms with E-state index in [1.807, 2.05) is 48.7 Å². The molecule has 0 saturated heterocycles. The molecule has 46 heavy (non-hydrogen) atoms. The van der Waals surface area contributed by atoms with Crippen LogP contribution in [0.15, 0.2) is 78.9 Å². The van der Waals surface area contributed by atoms with E-state index >= 15 is 0 Å². The van der Waals surface area contributed by atoms with E-state index in [2.05, 4.69) is 5.32 Å². The summed E-state index contributed by atoms with van der Waals surface area (Å²) in [4.78, 5) is 37.1. The third kappa shape index (κ3) is 8.92. The van der Waals surface area contributed by atoms with Crippen LogP contribution in [-0.2, 0) is 16.0 Å². The number of rotatable bonds is 13. The first-order valence-corrected chi connectivity index (χ1v) is 14.7. The van der Waals surface area contributed by atoms with Crippen molar-refractivity contribution in [3.8, 4) is 22.3 Å². The number of benzene rings is 3. The molecule has 0 unspecified atom stereocenters. The normalized spacial score (nSPS) is 12.2. The van der Waals surface area contributed by atoms with Crippen molar-refractivity contribution in [1.82, 2.24) is 4.57 Å². The Balaban J connectivity index is 0.00000384. The van der Waals surface area contributed by atoms with E-state index in [0.717, 1.165) is 5.56 Å². The molecule has 0 aliphatic carbocycles. The molecule has 0 aliphatic heterocycles. The number of aliphatic hydroxyl groups excluding tert-OH is 2. The maximum absolute atomic E-state index is 14.2. The minimum Gasteiger partial charge on any atom is -1.00 e. The second-order valence-electron chi connectivity index (χ2n) is 11.1. The van der Waals surface area contributed by atoms with Crippen LogP contribution in [0.4, 0.5) is 10.1 Å². The van der Waals surface area contributed by atoms with E-state index in [0.29, 0.717) is 39.3 Å². The smallest absolute Gasteiger partial charge is 1.00 e. The van der Waals surface area contributed by atoms with Crippen molar-refractivity contribution in [2.45, 2.75) is 57.8 Å². The van der Waals surface area contributed by atoms with Crippen LogP contribution in [0, 0.1) is 5.82 Å². The van der Waals surface area contributed by atoms with Crippen LogP contribution in [0.1, 0.15) is 67.1 Å². The van der Waals surface area contributed by atoms with E-state index in [1.165, 1.54) is 19.2 Å². The fraction of sp³-hybridized carbons (Fsp3) is 0.286. The Labute approximate surface area is 290 Å². The number of aliphatic hydroxyl groups is 2. The number of hydrogen-bond donors (Lipinski definition) is 4. The Morgan fingerprint density at radius 3 is 2.07 bits per heavy atom. The largest absolute Gasteiger partial charge is 1.00 e. The molecule has 4 rings (SSSR count). The third-order valence-electron chi connectivity index (χ3n) is 7.47. The molecule has 0 fully saturated rings. The number of nitrogens with one attached hydrogen (secondary N) is 1. The van der Waals surface area contributed by atoms with Crippen molar-refractivity contribution in [1.29, 1.82) is 0 Å². The molecule has 4 N–H and O–H groups in total. The van der Waals surface area contributed by atoms with Crippen molar-refractivity contribution in [2.24, 2.45) is 0 Å². The van der Waals surface area contributed by atoms with Crippen LogP contribution >= 0.6 is 0 Å². The number of hydrogen-bond acceptors (Lipinski definition) is 6. The van der Waals surface area contributed by atoms with E-state index in [1.54, 1.807) is 36.4 Å². The summed E-state index contributed by atoms with van der Waals surface area (Å²) in [6.45, 7) is 3.86.